The lowest BCUT2D eigenvalue weighted by Gasteiger charge is -2.28. The Morgan fingerprint density at radius 2 is 2.07 bits per heavy atom. The summed E-state index contributed by atoms with van der Waals surface area (Å²) < 4.78 is 11.2. The Kier molecular flexibility index (Phi) is 6.63. The second kappa shape index (κ2) is 8.97. The van der Waals surface area contributed by atoms with E-state index in [1.807, 2.05) is 0 Å². The fraction of sp³-hybridized carbons (Fsp3) is 0.389. The Hall–Kier alpha value is -2.04. The van der Waals surface area contributed by atoms with Crippen LogP contribution in [0, 0.1) is 0 Å². The summed E-state index contributed by atoms with van der Waals surface area (Å²) in [5.41, 5.74) is 0.336. The first-order valence-corrected chi connectivity index (χ1v) is 10.3. The number of ether oxygens (including phenoxy) is 2. The molecule has 0 atom stereocenters. The molecular weight excluding hydrogens is 452 g/mol. The molecule has 2 saturated heterocycles. The molecule has 10 heteroatoms. The third-order valence-corrected chi connectivity index (χ3v) is 5.55. The lowest BCUT2D eigenvalue weighted by molar-refractivity contribution is -0.139. The number of morpholine rings is 1. The normalized spacial score (nSPS) is 18.9. The molecule has 8 nitrogen and oxygen atoms in total. The Morgan fingerprint density at radius 1 is 1.36 bits per heavy atom. The summed E-state index contributed by atoms with van der Waals surface area (Å²) in [4.78, 5) is 39.9. The number of rotatable bonds is 5. The van der Waals surface area contributed by atoms with Gasteiger partial charge in [-0.2, -0.15) is 0 Å². The summed E-state index contributed by atoms with van der Waals surface area (Å²) in [6, 6.07) is 3.23. The van der Waals surface area contributed by atoms with Crippen molar-refractivity contribution in [3.8, 4) is 11.5 Å². The van der Waals surface area contributed by atoms with Gasteiger partial charge in [0.1, 0.15) is 6.54 Å². The van der Waals surface area contributed by atoms with Gasteiger partial charge in [0.15, 0.2) is 11.5 Å². The van der Waals surface area contributed by atoms with Crippen molar-refractivity contribution in [1.82, 2.24) is 9.80 Å². The molecule has 2 heterocycles. The van der Waals surface area contributed by atoms with Crippen molar-refractivity contribution in [1.29, 1.82) is 0 Å². The standard InChI is InChI=1S/C18H19BrN2O6S/c1-2-27-13-9-12(19)7-11(16(13)23)8-14-17(24)21(18(25)28-14)10-15(22)20-3-5-26-6-4-20/h7-9,23H,2-6,10H2,1H3/b14-8+. The fourth-order valence-electron chi connectivity index (χ4n) is 2.80. The van der Waals surface area contributed by atoms with Gasteiger partial charge in [-0.05, 0) is 36.9 Å². The number of halogens is 1. The maximum atomic E-state index is 12.6. The number of nitrogens with zero attached hydrogens (tertiary/aromatic N) is 2. The molecule has 150 valence electrons. The van der Waals surface area contributed by atoms with Crippen LogP contribution in [0.1, 0.15) is 12.5 Å². The first-order chi connectivity index (χ1) is 13.4. The van der Waals surface area contributed by atoms with E-state index in [2.05, 4.69) is 15.9 Å². The number of thioether (sulfide) groups is 1. The molecule has 0 bridgehead atoms. The second-order valence-electron chi connectivity index (χ2n) is 6.04. The number of aromatic hydroxyl groups is 1. The van der Waals surface area contributed by atoms with Crippen LogP contribution >= 0.6 is 27.7 Å². The molecule has 3 amide bonds. The first-order valence-electron chi connectivity index (χ1n) is 8.67. The van der Waals surface area contributed by atoms with Crippen molar-refractivity contribution in [3.63, 3.8) is 0 Å². The average molecular weight is 471 g/mol. The van der Waals surface area contributed by atoms with E-state index in [9.17, 15) is 19.5 Å². The Morgan fingerprint density at radius 3 is 2.75 bits per heavy atom. The van der Waals surface area contributed by atoms with Crippen LogP contribution < -0.4 is 4.74 Å². The molecule has 0 radical (unpaired) electrons. The lowest BCUT2D eigenvalue weighted by Crippen LogP contribution is -2.46. The predicted octanol–water partition coefficient (Wildman–Crippen LogP) is 2.45. The molecule has 1 aromatic carbocycles. The Labute approximate surface area is 174 Å². The van der Waals surface area contributed by atoms with Gasteiger partial charge in [0.05, 0.1) is 24.7 Å². The van der Waals surface area contributed by atoms with Crippen LogP contribution in [-0.2, 0) is 14.3 Å². The van der Waals surface area contributed by atoms with Crippen molar-refractivity contribution in [3.05, 3.63) is 27.1 Å². The van der Waals surface area contributed by atoms with E-state index in [0.29, 0.717) is 42.9 Å². The van der Waals surface area contributed by atoms with Crippen molar-refractivity contribution >= 4 is 50.8 Å². The zero-order chi connectivity index (χ0) is 20.3. The topological polar surface area (TPSA) is 96.4 Å². The molecule has 0 spiro atoms. The summed E-state index contributed by atoms with van der Waals surface area (Å²) in [7, 11) is 0. The van der Waals surface area contributed by atoms with E-state index in [0.717, 1.165) is 16.7 Å². The molecular formula is C18H19BrN2O6S. The molecule has 1 aromatic rings. The van der Waals surface area contributed by atoms with Crippen molar-refractivity contribution in [2.24, 2.45) is 0 Å². The number of carbonyl (C=O) groups excluding carboxylic acids is 3. The number of imide groups is 1. The summed E-state index contributed by atoms with van der Waals surface area (Å²) >= 11 is 4.07. The molecule has 0 aliphatic carbocycles. The smallest absolute Gasteiger partial charge is 0.294 e. The predicted molar refractivity (Wildman–Crippen MR) is 107 cm³/mol. The highest BCUT2D eigenvalue weighted by atomic mass is 79.9. The van der Waals surface area contributed by atoms with Crippen LogP contribution in [0.5, 0.6) is 11.5 Å². The lowest BCUT2D eigenvalue weighted by atomic mass is 10.1. The number of hydrogen-bond donors (Lipinski definition) is 1. The highest BCUT2D eigenvalue weighted by Gasteiger charge is 2.37. The van der Waals surface area contributed by atoms with Crippen LogP contribution in [0.25, 0.3) is 6.08 Å². The SMILES string of the molecule is CCOc1cc(Br)cc(/C=C2/SC(=O)N(CC(=O)N3CCOCC3)C2=O)c1O. The minimum Gasteiger partial charge on any atom is -0.504 e. The van der Waals surface area contributed by atoms with Crippen LogP contribution in [0.4, 0.5) is 4.79 Å². The van der Waals surface area contributed by atoms with Gasteiger partial charge in [-0.3, -0.25) is 19.3 Å². The Balaban J connectivity index is 1.78. The van der Waals surface area contributed by atoms with Crippen LogP contribution in [0.2, 0.25) is 0 Å². The third kappa shape index (κ3) is 4.50. The zero-order valence-electron chi connectivity index (χ0n) is 15.1. The summed E-state index contributed by atoms with van der Waals surface area (Å²) in [5.74, 6) is -0.712. The monoisotopic (exact) mass is 470 g/mol. The maximum absolute atomic E-state index is 12.6. The van der Waals surface area contributed by atoms with Gasteiger partial charge in [0.2, 0.25) is 5.91 Å². The van der Waals surface area contributed by atoms with Gasteiger partial charge in [0, 0.05) is 23.1 Å². The van der Waals surface area contributed by atoms with Crippen molar-refractivity contribution in [2.75, 3.05) is 39.5 Å². The highest BCUT2D eigenvalue weighted by Crippen LogP contribution is 2.38. The van der Waals surface area contributed by atoms with Gasteiger partial charge in [-0.1, -0.05) is 15.9 Å². The first kappa shape index (κ1) is 20.7. The van der Waals surface area contributed by atoms with Crippen molar-refractivity contribution < 1.29 is 29.0 Å². The molecule has 0 aromatic heterocycles. The number of hydrogen-bond acceptors (Lipinski definition) is 7. The summed E-state index contributed by atoms with van der Waals surface area (Å²) in [6.07, 6.45) is 1.42. The van der Waals surface area contributed by atoms with Crippen LogP contribution in [-0.4, -0.2) is 71.4 Å². The quantitative estimate of drug-likeness (QED) is 0.660. The van der Waals surface area contributed by atoms with Gasteiger partial charge in [0.25, 0.3) is 11.1 Å². The third-order valence-electron chi connectivity index (χ3n) is 4.19. The molecule has 2 fully saturated rings. The average Bonchev–Trinajstić information content (AvgIpc) is 2.93. The molecule has 2 aliphatic rings. The maximum Gasteiger partial charge on any atom is 0.294 e. The summed E-state index contributed by atoms with van der Waals surface area (Å²) in [6.45, 7) is 3.61. The molecule has 2 aliphatic heterocycles. The molecule has 0 saturated carbocycles. The number of carbonyl (C=O) groups is 3. The molecule has 1 N–H and O–H groups in total. The number of phenols is 1. The highest BCUT2D eigenvalue weighted by molar-refractivity contribution is 9.10. The minimum atomic E-state index is -0.561. The number of benzene rings is 1. The van der Waals surface area contributed by atoms with E-state index >= 15 is 0 Å². The van der Waals surface area contributed by atoms with Crippen molar-refractivity contribution in [2.45, 2.75) is 6.92 Å². The minimum absolute atomic E-state index is 0.124. The van der Waals surface area contributed by atoms with Gasteiger partial charge >= 0.3 is 0 Å². The fourth-order valence-corrected chi connectivity index (χ4v) is 4.08. The van der Waals surface area contributed by atoms with Gasteiger partial charge in [-0.15, -0.1) is 0 Å². The molecule has 0 unspecified atom stereocenters. The van der Waals surface area contributed by atoms with E-state index in [4.69, 9.17) is 9.47 Å². The Bertz CT molecular complexity index is 838. The molecule has 28 heavy (non-hydrogen) atoms. The van der Waals surface area contributed by atoms with E-state index in [1.54, 1.807) is 24.0 Å². The number of phenolic OH excluding ortho intramolecular Hbond substituents is 1. The van der Waals surface area contributed by atoms with Crippen LogP contribution in [0.15, 0.2) is 21.5 Å². The van der Waals surface area contributed by atoms with E-state index < -0.39 is 11.1 Å². The van der Waals surface area contributed by atoms with Gasteiger partial charge < -0.3 is 19.5 Å². The summed E-state index contributed by atoms with van der Waals surface area (Å²) in [5, 5.41) is 9.84. The van der Waals surface area contributed by atoms with Gasteiger partial charge in [-0.25, -0.2) is 0 Å². The van der Waals surface area contributed by atoms with Crippen LogP contribution in [0.3, 0.4) is 0 Å². The van der Waals surface area contributed by atoms with E-state index in [1.165, 1.54) is 6.08 Å². The van der Waals surface area contributed by atoms with E-state index in [-0.39, 0.29) is 28.9 Å². The largest absolute Gasteiger partial charge is 0.504 e. The second-order valence-corrected chi connectivity index (χ2v) is 7.94. The molecule has 3 rings (SSSR count). The zero-order valence-corrected chi connectivity index (χ0v) is 17.5. The number of amides is 3.